The second-order valence-electron chi connectivity index (χ2n) is 8.47. The molecule has 3 heterocycles. The van der Waals surface area contributed by atoms with E-state index in [2.05, 4.69) is 58.4 Å². The molecule has 1 fully saturated rings. The molecule has 2 aromatic carbocycles. The van der Waals surface area contributed by atoms with Crippen molar-refractivity contribution in [3.05, 3.63) is 65.5 Å². The minimum atomic E-state index is 0.291. The number of rotatable bonds is 5. The van der Waals surface area contributed by atoms with Gasteiger partial charge in [0.2, 0.25) is 5.95 Å². The van der Waals surface area contributed by atoms with E-state index in [1.165, 1.54) is 11.1 Å². The van der Waals surface area contributed by atoms with Crippen molar-refractivity contribution < 1.29 is 4.74 Å². The van der Waals surface area contributed by atoms with Gasteiger partial charge in [0, 0.05) is 31.6 Å². The van der Waals surface area contributed by atoms with Crippen molar-refractivity contribution in [3.63, 3.8) is 0 Å². The number of hydrogen-bond donors (Lipinski definition) is 1. The number of hydrogen-bond acceptors (Lipinski definition) is 6. The van der Waals surface area contributed by atoms with Crippen molar-refractivity contribution in [1.29, 1.82) is 0 Å². The zero-order valence-corrected chi connectivity index (χ0v) is 18.2. The zero-order valence-electron chi connectivity index (χ0n) is 18.2. The lowest BCUT2D eigenvalue weighted by Crippen LogP contribution is -2.44. The van der Waals surface area contributed by atoms with E-state index >= 15 is 0 Å². The summed E-state index contributed by atoms with van der Waals surface area (Å²) >= 11 is 0. The summed E-state index contributed by atoms with van der Waals surface area (Å²) in [7, 11) is 0. The molecule has 31 heavy (non-hydrogen) atoms. The third kappa shape index (κ3) is 4.24. The van der Waals surface area contributed by atoms with Crippen molar-refractivity contribution in [2.45, 2.75) is 46.1 Å². The Balaban J connectivity index is 1.30. The molecule has 0 bridgehead atoms. The standard InChI is InChI=1S/C24H28N6O/c1-16-13-29(14-17(2)31-16)15-20-10-8-19(9-11-20)12-25-24-27-22-7-5-4-6-21(22)23-26-18(3)28-30(23)24/h4-11,16-17H,12-15H2,1-3H3,(H,25,27). The number of morpholine rings is 1. The maximum atomic E-state index is 5.84. The smallest absolute Gasteiger partial charge is 0.226 e. The largest absolute Gasteiger partial charge is 0.373 e. The topological polar surface area (TPSA) is 67.6 Å². The first-order valence-electron chi connectivity index (χ1n) is 10.9. The fourth-order valence-corrected chi connectivity index (χ4v) is 4.39. The molecule has 5 rings (SSSR count). The molecule has 1 N–H and O–H groups in total. The van der Waals surface area contributed by atoms with Gasteiger partial charge in [-0.1, -0.05) is 36.4 Å². The molecule has 0 radical (unpaired) electrons. The fourth-order valence-electron chi connectivity index (χ4n) is 4.39. The van der Waals surface area contributed by atoms with Gasteiger partial charge in [-0.2, -0.15) is 4.52 Å². The summed E-state index contributed by atoms with van der Waals surface area (Å²) in [6, 6.07) is 16.8. The van der Waals surface area contributed by atoms with Crippen LogP contribution in [-0.2, 0) is 17.8 Å². The van der Waals surface area contributed by atoms with Gasteiger partial charge in [-0.15, -0.1) is 5.10 Å². The van der Waals surface area contributed by atoms with E-state index in [4.69, 9.17) is 9.72 Å². The van der Waals surface area contributed by atoms with Crippen LogP contribution in [0.25, 0.3) is 16.6 Å². The van der Waals surface area contributed by atoms with Gasteiger partial charge in [0.15, 0.2) is 5.65 Å². The summed E-state index contributed by atoms with van der Waals surface area (Å²) in [5.41, 5.74) is 4.26. The number of nitrogens with one attached hydrogen (secondary N) is 1. The first kappa shape index (κ1) is 19.9. The quantitative estimate of drug-likeness (QED) is 0.534. The molecule has 0 spiro atoms. The Morgan fingerprint density at radius 3 is 2.45 bits per heavy atom. The van der Waals surface area contributed by atoms with Crippen LogP contribution < -0.4 is 5.32 Å². The van der Waals surface area contributed by atoms with Gasteiger partial charge in [-0.25, -0.2) is 9.97 Å². The third-order valence-electron chi connectivity index (χ3n) is 5.66. The summed E-state index contributed by atoms with van der Waals surface area (Å²) in [6.07, 6.45) is 0.581. The Morgan fingerprint density at radius 2 is 1.68 bits per heavy atom. The Morgan fingerprint density at radius 1 is 0.968 bits per heavy atom. The molecule has 7 heteroatoms. The molecule has 0 saturated carbocycles. The van der Waals surface area contributed by atoms with E-state index in [0.29, 0.717) is 24.7 Å². The first-order chi connectivity index (χ1) is 15.0. The van der Waals surface area contributed by atoms with Gasteiger partial charge in [-0.05, 0) is 44.0 Å². The van der Waals surface area contributed by atoms with Crippen LogP contribution in [0.4, 0.5) is 5.95 Å². The van der Waals surface area contributed by atoms with E-state index in [-0.39, 0.29) is 0 Å². The van der Waals surface area contributed by atoms with E-state index in [1.54, 1.807) is 4.52 Å². The van der Waals surface area contributed by atoms with Gasteiger partial charge in [-0.3, -0.25) is 4.90 Å². The number of aryl methyl sites for hydroxylation is 1. The predicted molar refractivity (Wildman–Crippen MR) is 122 cm³/mol. The van der Waals surface area contributed by atoms with Crippen LogP contribution in [0.15, 0.2) is 48.5 Å². The summed E-state index contributed by atoms with van der Waals surface area (Å²) < 4.78 is 7.64. The lowest BCUT2D eigenvalue weighted by atomic mass is 10.1. The first-order valence-corrected chi connectivity index (χ1v) is 10.9. The molecule has 2 unspecified atom stereocenters. The van der Waals surface area contributed by atoms with Gasteiger partial charge < -0.3 is 10.1 Å². The van der Waals surface area contributed by atoms with E-state index in [1.807, 2.05) is 31.2 Å². The monoisotopic (exact) mass is 416 g/mol. The highest BCUT2D eigenvalue weighted by Crippen LogP contribution is 2.21. The van der Waals surface area contributed by atoms with Crippen LogP contribution in [0.1, 0.15) is 30.8 Å². The summed E-state index contributed by atoms with van der Waals surface area (Å²) in [4.78, 5) is 11.8. The summed E-state index contributed by atoms with van der Waals surface area (Å²) in [5.74, 6) is 1.44. The lowest BCUT2D eigenvalue weighted by molar-refractivity contribution is -0.0704. The normalized spacial score (nSPS) is 19.8. The van der Waals surface area contributed by atoms with Gasteiger partial charge in [0.05, 0.1) is 17.7 Å². The molecule has 2 aromatic heterocycles. The predicted octanol–water partition coefficient (Wildman–Crippen LogP) is 3.81. The zero-order chi connectivity index (χ0) is 21.4. The minimum Gasteiger partial charge on any atom is -0.373 e. The molecule has 1 saturated heterocycles. The van der Waals surface area contributed by atoms with Gasteiger partial charge >= 0.3 is 0 Å². The Bertz CT molecular complexity index is 1190. The highest BCUT2D eigenvalue weighted by molar-refractivity contribution is 5.92. The minimum absolute atomic E-state index is 0.291. The lowest BCUT2D eigenvalue weighted by Gasteiger charge is -2.35. The maximum Gasteiger partial charge on any atom is 0.226 e. The van der Waals surface area contributed by atoms with Crippen LogP contribution in [0.3, 0.4) is 0 Å². The van der Waals surface area contributed by atoms with Crippen molar-refractivity contribution in [3.8, 4) is 0 Å². The Hall–Kier alpha value is -3.03. The molecular formula is C24H28N6O. The number of para-hydroxylation sites is 1. The third-order valence-corrected chi connectivity index (χ3v) is 5.66. The molecule has 0 aliphatic carbocycles. The number of nitrogens with zero attached hydrogens (tertiary/aromatic N) is 5. The van der Waals surface area contributed by atoms with Gasteiger partial charge in [0.1, 0.15) is 5.82 Å². The average molecular weight is 417 g/mol. The van der Waals surface area contributed by atoms with Crippen molar-refractivity contribution in [2.24, 2.45) is 0 Å². The molecule has 2 atom stereocenters. The fraction of sp³-hybridized carbons (Fsp3) is 0.375. The number of benzene rings is 2. The van der Waals surface area contributed by atoms with Crippen LogP contribution >= 0.6 is 0 Å². The highest BCUT2D eigenvalue weighted by Gasteiger charge is 2.22. The van der Waals surface area contributed by atoms with Crippen molar-refractivity contribution in [2.75, 3.05) is 18.4 Å². The SMILES string of the molecule is Cc1nc2c3ccccc3nc(NCc3ccc(CN4CC(C)OC(C)C4)cc3)n2n1. The number of aromatic nitrogens is 4. The summed E-state index contributed by atoms with van der Waals surface area (Å²) in [5, 5.41) is 8.98. The summed E-state index contributed by atoms with van der Waals surface area (Å²) in [6.45, 7) is 9.78. The van der Waals surface area contributed by atoms with E-state index in [0.717, 1.165) is 42.0 Å². The number of fused-ring (bicyclic) bond motifs is 3. The highest BCUT2D eigenvalue weighted by atomic mass is 16.5. The van der Waals surface area contributed by atoms with Crippen LogP contribution in [0.5, 0.6) is 0 Å². The maximum absolute atomic E-state index is 5.84. The van der Waals surface area contributed by atoms with E-state index < -0.39 is 0 Å². The molecule has 160 valence electrons. The second kappa shape index (κ2) is 8.24. The number of ether oxygens (including phenoxy) is 1. The molecule has 1 aliphatic rings. The van der Waals surface area contributed by atoms with Crippen LogP contribution in [-0.4, -0.2) is 49.8 Å². The average Bonchev–Trinajstić information content (AvgIpc) is 3.14. The Labute approximate surface area is 182 Å². The molecular weight excluding hydrogens is 388 g/mol. The van der Waals surface area contributed by atoms with Crippen LogP contribution in [0.2, 0.25) is 0 Å². The number of anilines is 1. The molecule has 7 nitrogen and oxygen atoms in total. The Kier molecular flexibility index (Phi) is 5.29. The molecule has 1 aliphatic heterocycles. The van der Waals surface area contributed by atoms with Crippen molar-refractivity contribution in [1.82, 2.24) is 24.5 Å². The molecule has 0 amide bonds. The second-order valence-corrected chi connectivity index (χ2v) is 8.47. The van der Waals surface area contributed by atoms with E-state index in [9.17, 15) is 0 Å². The van der Waals surface area contributed by atoms with Crippen LogP contribution in [0, 0.1) is 6.92 Å². The van der Waals surface area contributed by atoms with Gasteiger partial charge in [0.25, 0.3) is 0 Å². The molecule has 4 aromatic rings. The van der Waals surface area contributed by atoms with Crippen molar-refractivity contribution >= 4 is 22.5 Å².